The minimum Gasteiger partial charge on any atom is -0.448 e. The van der Waals surface area contributed by atoms with Gasteiger partial charge in [0.15, 0.2) is 6.10 Å². The van der Waals surface area contributed by atoms with E-state index in [1.807, 2.05) is 0 Å². The number of Topliss-reactive ketones (excluding diaryl/α,β-unsaturated/α-hetero) is 1. The Bertz CT molecular complexity index is 1320. The van der Waals surface area contributed by atoms with Gasteiger partial charge in [0.2, 0.25) is 5.78 Å². The van der Waals surface area contributed by atoms with Gasteiger partial charge in [-0.2, -0.15) is 0 Å². The highest BCUT2D eigenvalue weighted by Gasteiger charge is 2.42. The first-order valence-corrected chi connectivity index (χ1v) is 10.3. The van der Waals surface area contributed by atoms with Crippen LogP contribution in [0.2, 0.25) is 5.02 Å². The van der Waals surface area contributed by atoms with Crippen LogP contribution in [-0.4, -0.2) is 39.9 Å². The predicted octanol–water partition coefficient (Wildman–Crippen LogP) is 4.01. The number of hydrogen-bond acceptors (Lipinski definition) is 7. The molecule has 10 heteroatoms. The maximum absolute atomic E-state index is 13.1. The summed E-state index contributed by atoms with van der Waals surface area (Å²) in [6.45, 7) is -0.824. The van der Waals surface area contributed by atoms with Gasteiger partial charge in [-0.05, 0) is 18.2 Å². The van der Waals surface area contributed by atoms with Crippen molar-refractivity contribution in [2.75, 3.05) is 6.54 Å². The van der Waals surface area contributed by atoms with Crippen molar-refractivity contribution < 1.29 is 28.8 Å². The fraction of sp³-hybridized carbons (Fsp3) is 0.0833. The van der Waals surface area contributed by atoms with E-state index in [2.05, 4.69) is 0 Å². The Morgan fingerprint density at radius 3 is 2.26 bits per heavy atom. The standard InChI is InChI=1S/C24H15ClN2O7/c25-16-11-9-15(10-12-16)22(21(29)14-5-2-1-3-6-14)34-19(28)13-26-23(30)17-7-4-8-18(27(32)33)20(17)24(26)31/h1-12,22H,13H2/t22-/m1/s1. The van der Waals surface area contributed by atoms with Crippen molar-refractivity contribution in [1.82, 2.24) is 4.90 Å². The first-order valence-electron chi connectivity index (χ1n) is 9.95. The van der Waals surface area contributed by atoms with Crippen LogP contribution in [0.1, 0.15) is 42.7 Å². The summed E-state index contributed by atoms with van der Waals surface area (Å²) in [5.41, 5.74) is -0.484. The summed E-state index contributed by atoms with van der Waals surface area (Å²) in [7, 11) is 0. The van der Waals surface area contributed by atoms with Gasteiger partial charge in [-0.15, -0.1) is 0 Å². The van der Waals surface area contributed by atoms with Crippen LogP contribution in [0.15, 0.2) is 72.8 Å². The molecule has 1 aliphatic heterocycles. The summed E-state index contributed by atoms with van der Waals surface area (Å²) in [6, 6.07) is 17.9. The van der Waals surface area contributed by atoms with Crippen LogP contribution in [0.25, 0.3) is 0 Å². The summed E-state index contributed by atoms with van der Waals surface area (Å²) in [5.74, 6) is -3.41. The molecule has 0 saturated heterocycles. The number of amides is 2. The Balaban J connectivity index is 1.59. The van der Waals surface area contributed by atoms with Crippen molar-refractivity contribution in [1.29, 1.82) is 0 Å². The maximum atomic E-state index is 13.1. The van der Waals surface area contributed by atoms with Gasteiger partial charge in [-0.1, -0.05) is 60.1 Å². The number of ether oxygens (including phenoxy) is 1. The second-order valence-corrected chi connectivity index (χ2v) is 7.74. The number of ketones is 1. The summed E-state index contributed by atoms with van der Waals surface area (Å²) in [4.78, 5) is 62.3. The molecule has 0 unspecified atom stereocenters. The molecule has 0 N–H and O–H groups in total. The van der Waals surface area contributed by atoms with E-state index in [0.717, 1.165) is 6.07 Å². The number of benzene rings is 3. The second-order valence-electron chi connectivity index (χ2n) is 7.30. The molecule has 2 amide bonds. The molecule has 0 aromatic heterocycles. The van der Waals surface area contributed by atoms with E-state index < -0.39 is 46.8 Å². The average Bonchev–Trinajstić information content (AvgIpc) is 3.08. The number of hydrogen-bond donors (Lipinski definition) is 0. The zero-order chi connectivity index (χ0) is 24.4. The van der Waals surface area contributed by atoms with E-state index >= 15 is 0 Å². The van der Waals surface area contributed by atoms with Crippen molar-refractivity contribution in [2.45, 2.75) is 6.10 Å². The van der Waals surface area contributed by atoms with Gasteiger partial charge in [0.25, 0.3) is 17.5 Å². The first-order chi connectivity index (χ1) is 16.3. The molecule has 0 spiro atoms. The van der Waals surface area contributed by atoms with Gasteiger partial charge in [0.1, 0.15) is 12.1 Å². The molecule has 1 heterocycles. The second kappa shape index (κ2) is 9.24. The Morgan fingerprint density at radius 1 is 0.941 bits per heavy atom. The molecule has 170 valence electrons. The zero-order valence-electron chi connectivity index (χ0n) is 17.3. The molecule has 9 nitrogen and oxygen atoms in total. The Hall–Kier alpha value is -4.37. The summed E-state index contributed by atoms with van der Waals surface area (Å²) < 4.78 is 5.42. The van der Waals surface area contributed by atoms with Crippen molar-refractivity contribution in [3.8, 4) is 0 Å². The van der Waals surface area contributed by atoms with E-state index in [4.69, 9.17) is 16.3 Å². The number of carbonyl (C=O) groups is 4. The Kier molecular flexibility index (Phi) is 6.20. The van der Waals surface area contributed by atoms with Crippen molar-refractivity contribution in [3.05, 3.63) is 110 Å². The lowest BCUT2D eigenvalue weighted by Gasteiger charge is -2.19. The number of nitrogens with zero attached hydrogens (tertiary/aromatic N) is 2. The van der Waals surface area contributed by atoms with Gasteiger partial charge in [0, 0.05) is 22.2 Å². The van der Waals surface area contributed by atoms with Crippen molar-refractivity contribution in [3.63, 3.8) is 0 Å². The molecule has 0 bridgehead atoms. The van der Waals surface area contributed by atoms with Gasteiger partial charge in [0.05, 0.1) is 10.5 Å². The summed E-state index contributed by atoms with van der Waals surface area (Å²) >= 11 is 5.92. The smallest absolute Gasteiger partial charge is 0.327 e. The lowest BCUT2D eigenvalue weighted by atomic mass is 10.00. The number of rotatable bonds is 7. The molecule has 4 rings (SSSR count). The van der Waals surface area contributed by atoms with E-state index in [1.165, 1.54) is 36.4 Å². The van der Waals surface area contributed by atoms with E-state index in [9.17, 15) is 29.3 Å². The van der Waals surface area contributed by atoms with Gasteiger partial charge < -0.3 is 4.74 Å². The summed E-state index contributed by atoms with van der Waals surface area (Å²) in [6.07, 6.45) is -1.36. The minimum atomic E-state index is -1.36. The number of carbonyl (C=O) groups excluding carboxylic acids is 4. The van der Waals surface area contributed by atoms with Crippen molar-refractivity contribution in [2.24, 2.45) is 0 Å². The molecule has 34 heavy (non-hydrogen) atoms. The van der Waals surface area contributed by atoms with Crippen LogP contribution >= 0.6 is 11.6 Å². The van der Waals surface area contributed by atoms with Crippen LogP contribution in [0.3, 0.4) is 0 Å². The number of esters is 1. The number of imide groups is 1. The molecule has 0 saturated carbocycles. The molecule has 0 aliphatic carbocycles. The molecule has 1 atom stereocenters. The van der Waals surface area contributed by atoms with Crippen LogP contribution in [0.5, 0.6) is 0 Å². The third kappa shape index (κ3) is 4.28. The van der Waals surface area contributed by atoms with Crippen molar-refractivity contribution >= 4 is 40.9 Å². The first kappa shape index (κ1) is 22.8. The molecular formula is C24H15ClN2O7. The molecular weight excluding hydrogens is 464 g/mol. The fourth-order valence-corrected chi connectivity index (χ4v) is 3.70. The van der Waals surface area contributed by atoms with Crippen LogP contribution in [0.4, 0.5) is 5.69 Å². The highest BCUT2D eigenvalue weighted by molar-refractivity contribution is 6.30. The quantitative estimate of drug-likeness (QED) is 0.165. The van der Waals surface area contributed by atoms with E-state index in [-0.39, 0.29) is 16.7 Å². The minimum absolute atomic E-state index is 0.179. The Morgan fingerprint density at radius 2 is 1.62 bits per heavy atom. The number of halogens is 1. The van der Waals surface area contributed by atoms with E-state index in [0.29, 0.717) is 15.5 Å². The predicted molar refractivity (Wildman–Crippen MR) is 120 cm³/mol. The van der Waals surface area contributed by atoms with Gasteiger partial charge in [-0.25, -0.2) is 0 Å². The molecule has 0 fully saturated rings. The molecule has 3 aromatic carbocycles. The number of nitro benzene ring substituents is 1. The Labute approximate surface area is 197 Å². The van der Waals surface area contributed by atoms with Crippen LogP contribution in [-0.2, 0) is 9.53 Å². The third-order valence-corrected chi connectivity index (χ3v) is 5.43. The highest BCUT2D eigenvalue weighted by atomic mass is 35.5. The van der Waals surface area contributed by atoms with E-state index in [1.54, 1.807) is 30.3 Å². The highest BCUT2D eigenvalue weighted by Crippen LogP contribution is 2.31. The summed E-state index contributed by atoms with van der Waals surface area (Å²) in [5, 5.41) is 11.7. The average molecular weight is 479 g/mol. The normalized spacial score (nSPS) is 13.4. The molecule has 3 aromatic rings. The largest absolute Gasteiger partial charge is 0.448 e. The number of nitro groups is 1. The SMILES string of the molecule is O=C(CN1C(=O)c2cccc([N+](=O)[O-])c2C1=O)O[C@@H](C(=O)c1ccccc1)c1ccc(Cl)cc1. The number of fused-ring (bicyclic) bond motifs is 1. The topological polar surface area (TPSA) is 124 Å². The zero-order valence-corrected chi connectivity index (χ0v) is 18.1. The molecule has 1 aliphatic rings. The maximum Gasteiger partial charge on any atom is 0.327 e. The fourth-order valence-electron chi connectivity index (χ4n) is 3.57. The van der Waals surface area contributed by atoms with Gasteiger partial charge in [-0.3, -0.25) is 34.2 Å². The van der Waals surface area contributed by atoms with Crippen LogP contribution < -0.4 is 0 Å². The van der Waals surface area contributed by atoms with Gasteiger partial charge >= 0.3 is 5.97 Å². The molecule has 0 radical (unpaired) electrons. The lowest BCUT2D eigenvalue weighted by molar-refractivity contribution is -0.385. The lowest BCUT2D eigenvalue weighted by Crippen LogP contribution is -2.36. The third-order valence-electron chi connectivity index (χ3n) is 5.18. The monoisotopic (exact) mass is 478 g/mol. The van der Waals surface area contributed by atoms with Crippen LogP contribution in [0, 0.1) is 10.1 Å².